The summed E-state index contributed by atoms with van der Waals surface area (Å²) in [5.74, 6) is 2.07. The summed E-state index contributed by atoms with van der Waals surface area (Å²) in [6, 6.07) is 8.17. The highest BCUT2D eigenvalue weighted by Gasteiger charge is 2.04. The number of nitrogens with zero attached hydrogens (tertiary/aromatic N) is 2. The van der Waals surface area contributed by atoms with Gasteiger partial charge in [0, 0.05) is 27.2 Å². The molecular weight excluding hydrogens is 443 g/mol. The molecular formula is C19H33IN4O2. The Labute approximate surface area is 174 Å². The second-order valence-electron chi connectivity index (χ2n) is 6.51. The predicted octanol–water partition coefficient (Wildman–Crippen LogP) is 2.53. The molecule has 6 nitrogen and oxygen atoms in total. The Morgan fingerprint density at radius 3 is 2.38 bits per heavy atom. The molecule has 1 rings (SSSR count). The van der Waals surface area contributed by atoms with E-state index >= 15 is 0 Å². The van der Waals surface area contributed by atoms with Gasteiger partial charge in [0.2, 0.25) is 5.91 Å². The number of likely N-dealkylation sites (N-methyl/N-ethyl adjacent to an activating group) is 1. The van der Waals surface area contributed by atoms with Crippen LogP contribution in [-0.4, -0.2) is 57.1 Å². The van der Waals surface area contributed by atoms with E-state index in [0.29, 0.717) is 11.9 Å². The average molecular weight is 476 g/mol. The first-order valence-electron chi connectivity index (χ1n) is 8.86. The number of halogens is 1. The van der Waals surface area contributed by atoms with Gasteiger partial charge in [-0.15, -0.1) is 24.0 Å². The Morgan fingerprint density at radius 1 is 1.19 bits per heavy atom. The van der Waals surface area contributed by atoms with Crippen molar-refractivity contribution in [3.63, 3.8) is 0 Å². The summed E-state index contributed by atoms with van der Waals surface area (Å²) in [4.78, 5) is 17.5. The van der Waals surface area contributed by atoms with E-state index in [-0.39, 0.29) is 36.4 Å². The summed E-state index contributed by atoms with van der Waals surface area (Å²) in [6.07, 6.45) is 0.872. The number of aliphatic imine (C=N–C) groups is 1. The maximum atomic E-state index is 11.6. The Morgan fingerprint density at radius 2 is 1.85 bits per heavy atom. The summed E-state index contributed by atoms with van der Waals surface area (Å²) in [5.41, 5.74) is 1.23. The van der Waals surface area contributed by atoms with Gasteiger partial charge >= 0.3 is 0 Å². The lowest BCUT2D eigenvalue weighted by Gasteiger charge is -2.13. The quantitative estimate of drug-likeness (QED) is 0.327. The monoisotopic (exact) mass is 476 g/mol. The molecule has 148 valence electrons. The number of carbonyl (C=O) groups is 1. The number of rotatable bonds is 9. The Hall–Kier alpha value is -1.51. The van der Waals surface area contributed by atoms with Gasteiger partial charge in [-0.25, -0.2) is 4.99 Å². The van der Waals surface area contributed by atoms with E-state index in [1.165, 1.54) is 10.5 Å². The van der Waals surface area contributed by atoms with Gasteiger partial charge in [-0.1, -0.05) is 26.0 Å². The molecule has 2 N–H and O–H groups in total. The lowest BCUT2D eigenvalue weighted by atomic mass is 10.1. The standard InChI is InChI=1S/C19H32N4O2.HI/c1-6-20-19(22-13-18(24)23(4)5)21-12-11-16-7-9-17(10-8-16)25-14-15(2)3;/h7-10,15H,6,11-14H2,1-5H3,(H2,20,21,22);1H. The molecule has 7 heteroatoms. The molecule has 0 heterocycles. The minimum atomic E-state index is -0.0193. The fourth-order valence-corrected chi connectivity index (χ4v) is 1.97. The minimum Gasteiger partial charge on any atom is -0.493 e. The van der Waals surface area contributed by atoms with E-state index in [2.05, 4.69) is 41.6 Å². The second kappa shape index (κ2) is 13.7. The van der Waals surface area contributed by atoms with Crippen LogP contribution in [0.15, 0.2) is 29.3 Å². The van der Waals surface area contributed by atoms with Crippen molar-refractivity contribution in [3.05, 3.63) is 29.8 Å². The summed E-state index contributed by atoms with van der Waals surface area (Å²) in [6.45, 7) is 8.64. The van der Waals surface area contributed by atoms with Crippen LogP contribution in [-0.2, 0) is 11.2 Å². The van der Waals surface area contributed by atoms with Crippen LogP contribution < -0.4 is 15.4 Å². The van der Waals surface area contributed by atoms with Gasteiger partial charge in [0.15, 0.2) is 5.96 Å². The number of carbonyl (C=O) groups excluding carboxylic acids is 1. The highest BCUT2D eigenvalue weighted by molar-refractivity contribution is 14.0. The fourth-order valence-electron chi connectivity index (χ4n) is 1.97. The molecule has 0 radical (unpaired) electrons. The van der Waals surface area contributed by atoms with Crippen LogP contribution in [0.5, 0.6) is 5.75 Å². The summed E-state index contributed by atoms with van der Waals surface area (Å²) >= 11 is 0. The maximum absolute atomic E-state index is 11.6. The smallest absolute Gasteiger partial charge is 0.243 e. The molecule has 1 aromatic rings. The van der Waals surface area contributed by atoms with Crippen molar-refractivity contribution in [2.75, 3.05) is 40.3 Å². The molecule has 0 saturated heterocycles. The maximum Gasteiger partial charge on any atom is 0.243 e. The van der Waals surface area contributed by atoms with Crippen LogP contribution in [0.4, 0.5) is 0 Å². The zero-order valence-electron chi connectivity index (χ0n) is 16.5. The fraction of sp³-hybridized carbons (Fsp3) is 0.579. The van der Waals surface area contributed by atoms with Crippen molar-refractivity contribution >= 4 is 35.8 Å². The average Bonchev–Trinajstić information content (AvgIpc) is 2.58. The van der Waals surface area contributed by atoms with Gasteiger partial charge in [0.25, 0.3) is 0 Å². The number of hydrogen-bond donors (Lipinski definition) is 2. The Kier molecular flexibility index (Phi) is 12.9. The molecule has 0 spiro atoms. The molecule has 1 amide bonds. The number of hydrogen-bond acceptors (Lipinski definition) is 3. The van der Waals surface area contributed by atoms with Crippen molar-refractivity contribution in [1.29, 1.82) is 0 Å². The normalized spacial score (nSPS) is 10.9. The molecule has 0 aliphatic carbocycles. The molecule has 1 aromatic carbocycles. The molecule has 0 aliphatic rings. The second-order valence-corrected chi connectivity index (χ2v) is 6.51. The molecule has 0 unspecified atom stereocenters. The van der Waals surface area contributed by atoms with Crippen LogP contribution in [0.2, 0.25) is 0 Å². The highest BCUT2D eigenvalue weighted by Crippen LogP contribution is 2.13. The summed E-state index contributed by atoms with van der Waals surface area (Å²) in [7, 11) is 3.46. The zero-order valence-corrected chi connectivity index (χ0v) is 18.9. The van der Waals surface area contributed by atoms with E-state index in [1.807, 2.05) is 19.1 Å². The predicted molar refractivity (Wildman–Crippen MR) is 119 cm³/mol. The van der Waals surface area contributed by atoms with Gasteiger partial charge in [-0.05, 0) is 37.0 Å². The van der Waals surface area contributed by atoms with Crippen molar-refractivity contribution in [2.24, 2.45) is 10.9 Å². The van der Waals surface area contributed by atoms with Crippen LogP contribution >= 0.6 is 24.0 Å². The first kappa shape index (κ1) is 24.5. The molecule has 26 heavy (non-hydrogen) atoms. The number of guanidine groups is 1. The van der Waals surface area contributed by atoms with Gasteiger partial charge in [0.1, 0.15) is 12.3 Å². The first-order valence-corrected chi connectivity index (χ1v) is 8.86. The molecule has 0 bridgehead atoms. The van der Waals surface area contributed by atoms with Gasteiger partial charge < -0.3 is 20.3 Å². The van der Waals surface area contributed by atoms with Gasteiger partial charge in [-0.2, -0.15) is 0 Å². The van der Waals surface area contributed by atoms with Crippen LogP contribution in [0.25, 0.3) is 0 Å². The van der Waals surface area contributed by atoms with E-state index in [9.17, 15) is 4.79 Å². The number of amides is 1. The number of nitrogens with one attached hydrogen (secondary N) is 2. The number of ether oxygens (including phenoxy) is 1. The van der Waals surface area contributed by atoms with Crippen molar-refractivity contribution in [1.82, 2.24) is 15.5 Å². The van der Waals surface area contributed by atoms with Crippen LogP contribution in [0.3, 0.4) is 0 Å². The largest absolute Gasteiger partial charge is 0.493 e. The lowest BCUT2D eigenvalue weighted by molar-refractivity contribution is -0.127. The molecule has 0 aliphatic heterocycles. The highest BCUT2D eigenvalue weighted by atomic mass is 127. The minimum absolute atomic E-state index is 0. The lowest BCUT2D eigenvalue weighted by Crippen LogP contribution is -2.39. The van der Waals surface area contributed by atoms with Crippen LogP contribution in [0.1, 0.15) is 26.3 Å². The van der Waals surface area contributed by atoms with Gasteiger partial charge in [-0.3, -0.25) is 4.79 Å². The van der Waals surface area contributed by atoms with E-state index in [1.54, 1.807) is 14.1 Å². The third-order valence-electron chi connectivity index (χ3n) is 3.43. The first-order chi connectivity index (χ1) is 11.9. The third-order valence-corrected chi connectivity index (χ3v) is 3.43. The molecule has 0 aromatic heterocycles. The zero-order chi connectivity index (χ0) is 18.7. The summed E-state index contributed by atoms with van der Waals surface area (Å²) in [5, 5.41) is 6.40. The Balaban J connectivity index is 0.00000625. The van der Waals surface area contributed by atoms with Crippen molar-refractivity contribution in [3.8, 4) is 5.75 Å². The van der Waals surface area contributed by atoms with E-state index in [0.717, 1.165) is 31.9 Å². The van der Waals surface area contributed by atoms with Crippen molar-refractivity contribution < 1.29 is 9.53 Å². The number of benzene rings is 1. The third kappa shape index (κ3) is 10.5. The molecule has 0 saturated carbocycles. The van der Waals surface area contributed by atoms with E-state index in [4.69, 9.17) is 4.74 Å². The Bertz CT molecular complexity index is 545. The molecule has 0 fully saturated rings. The van der Waals surface area contributed by atoms with Crippen molar-refractivity contribution in [2.45, 2.75) is 27.2 Å². The molecule has 0 atom stereocenters. The van der Waals surface area contributed by atoms with Gasteiger partial charge in [0.05, 0.1) is 6.61 Å². The van der Waals surface area contributed by atoms with E-state index < -0.39 is 0 Å². The van der Waals surface area contributed by atoms with Crippen LogP contribution in [0, 0.1) is 5.92 Å². The summed E-state index contributed by atoms with van der Waals surface area (Å²) < 4.78 is 5.69. The SMILES string of the molecule is CCNC(=NCC(=O)N(C)C)NCCc1ccc(OCC(C)C)cc1.I. The topological polar surface area (TPSA) is 66.0 Å².